The number of nitrogens with zero attached hydrogens (tertiary/aromatic N) is 2. The lowest BCUT2D eigenvalue weighted by molar-refractivity contribution is -0.131. The number of benzene rings is 1. The van der Waals surface area contributed by atoms with Crippen LogP contribution >= 0.6 is 0 Å². The van der Waals surface area contributed by atoms with Gasteiger partial charge in [0, 0.05) is 47.7 Å². The van der Waals surface area contributed by atoms with Crippen LogP contribution in [0, 0.1) is 0 Å². The van der Waals surface area contributed by atoms with Crippen LogP contribution in [0.5, 0.6) is 0 Å². The molecule has 2 atom stereocenters. The Bertz CT molecular complexity index is 987. The second kappa shape index (κ2) is 7.40. The highest BCUT2D eigenvalue weighted by molar-refractivity contribution is 7.94. The van der Waals surface area contributed by atoms with Crippen molar-refractivity contribution < 1.29 is 13.2 Å². The highest BCUT2D eigenvalue weighted by atomic mass is 32.2. The van der Waals surface area contributed by atoms with Gasteiger partial charge in [-0.3, -0.25) is 9.78 Å². The van der Waals surface area contributed by atoms with Crippen LogP contribution in [0.25, 0.3) is 10.8 Å². The Hall–Kier alpha value is -2.25. The standard InChI is InChI=1S/C20H23N3O3S/c24-20(12-21-18-7-9-27(25,26)14-18)23-8-3-6-17(13-23)19-10-15-4-1-2-5-16(15)11-22-19/h1-2,4-5,7,9-11,17-18,21H,3,6,8,12-14H2/t17-,18-/m0/s1. The van der Waals surface area contributed by atoms with Gasteiger partial charge in [0.15, 0.2) is 9.84 Å². The number of aromatic nitrogens is 1. The molecule has 2 aliphatic heterocycles. The second-order valence-electron chi connectivity index (χ2n) is 7.28. The van der Waals surface area contributed by atoms with Crippen LogP contribution in [-0.2, 0) is 14.6 Å². The van der Waals surface area contributed by atoms with Crippen molar-refractivity contribution in [3.05, 3.63) is 53.7 Å². The summed E-state index contributed by atoms with van der Waals surface area (Å²) in [5, 5.41) is 6.55. The number of rotatable bonds is 4. The third-order valence-corrected chi connectivity index (χ3v) is 6.69. The molecule has 3 heterocycles. The molecule has 142 valence electrons. The minimum atomic E-state index is -3.11. The van der Waals surface area contributed by atoms with Gasteiger partial charge in [0.2, 0.25) is 5.91 Å². The third-order valence-electron chi connectivity index (χ3n) is 5.29. The smallest absolute Gasteiger partial charge is 0.236 e. The number of likely N-dealkylation sites (tertiary alicyclic amines) is 1. The van der Waals surface area contributed by atoms with Gasteiger partial charge in [-0.25, -0.2) is 8.42 Å². The van der Waals surface area contributed by atoms with E-state index in [-0.39, 0.29) is 30.2 Å². The maximum Gasteiger partial charge on any atom is 0.236 e. The summed E-state index contributed by atoms with van der Waals surface area (Å²) in [5.41, 5.74) is 1.03. The van der Waals surface area contributed by atoms with E-state index < -0.39 is 9.84 Å². The van der Waals surface area contributed by atoms with Gasteiger partial charge in [0.05, 0.1) is 12.3 Å². The van der Waals surface area contributed by atoms with E-state index in [2.05, 4.69) is 22.4 Å². The number of sulfone groups is 1. The quantitative estimate of drug-likeness (QED) is 0.869. The number of piperidine rings is 1. The van der Waals surface area contributed by atoms with Crippen LogP contribution in [0.3, 0.4) is 0 Å². The molecule has 0 unspecified atom stereocenters. The predicted octanol–water partition coefficient (Wildman–Crippen LogP) is 1.84. The van der Waals surface area contributed by atoms with Gasteiger partial charge in [-0.15, -0.1) is 0 Å². The van der Waals surface area contributed by atoms with Crippen molar-refractivity contribution in [2.24, 2.45) is 0 Å². The summed E-state index contributed by atoms with van der Waals surface area (Å²) >= 11 is 0. The number of carbonyl (C=O) groups excluding carboxylic acids is 1. The van der Waals surface area contributed by atoms with Gasteiger partial charge in [0.1, 0.15) is 0 Å². The fraction of sp³-hybridized carbons (Fsp3) is 0.400. The van der Waals surface area contributed by atoms with Crippen LogP contribution in [0.2, 0.25) is 0 Å². The van der Waals surface area contributed by atoms with E-state index in [4.69, 9.17) is 0 Å². The summed E-state index contributed by atoms with van der Waals surface area (Å²) < 4.78 is 22.9. The Morgan fingerprint density at radius 3 is 2.85 bits per heavy atom. The number of pyridine rings is 1. The van der Waals surface area contributed by atoms with Crippen LogP contribution in [0.4, 0.5) is 0 Å². The number of fused-ring (bicyclic) bond motifs is 1. The van der Waals surface area contributed by atoms with Gasteiger partial charge in [0.25, 0.3) is 0 Å². The van der Waals surface area contributed by atoms with Crippen molar-refractivity contribution in [2.45, 2.75) is 24.8 Å². The molecule has 6 nitrogen and oxygen atoms in total. The lowest BCUT2D eigenvalue weighted by atomic mass is 9.93. The fourth-order valence-electron chi connectivity index (χ4n) is 3.80. The molecular weight excluding hydrogens is 362 g/mol. The Morgan fingerprint density at radius 1 is 1.26 bits per heavy atom. The highest BCUT2D eigenvalue weighted by Crippen LogP contribution is 2.27. The molecule has 1 aromatic heterocycles. The summed E-state index contributed by atoms with van der Waals surface area (Å²) in [6.45, 7) is 1.55. The minimum Gasteiger partial charge on any atom is -0.341 e. The van der Waals surface area contributed by atoms with Crippen molar-refractivity contribution >= 4 is 26.5 Å². The average molecular weight is 385 g/mol. The molecule has 0 aliphatic carbocycles. The van der Waals surface area contributed by atoms with Crippen molar-refractivity contribution in [1.29, 1.82) is 0 Å². The molecule has 7 heteroatoms. The zero-order chi connectivity index (χ0) is 18.9. The molecule has 0 bridgehead atoms. The van der Waals surface area contributed by atoms with E-state index in [1.165, 1.54) is 10.8 Å². The van der Waals surface area contributed by atoms with E-state index in [1.807, 2.05) is 29.3 Å². The molecule has 1 aromatic carbocycles. The predicted molar refractivity (Wildman–Crippen MR) is 105 cm³/mol. The van der Waals surface area contributed by atoms with Gasteiger partial charge < -0.3 is 10.2 Å². The first kappa shape index (κ1) is 18.1. The van der Waals surface area contributed by atoms with Crippen molar-refractivity contribution in [3.8, 4) is 0 Å². The molecule has 1 saturated heterocycles. The number of hydrogen-bond donors (Lipinski definition) is 1. The van der Waals surface area contributed by atoms with Gasteiger partial charge in [-0.1, -0.05) is 30.3 Å². The molecule has 1 amide bonds. The molecule has 0 saturated carbocycles. The minimum absolute atomic E-state index is 0.0122. The highest BCUT2D eigenvalue weighted by Gasteiger charge is 2.27. The first-order valence-corrected chi connectivity index (χ1v) is 11.0. The summed E-state index contributed by atoms with van der Waals surface area (Å²) in [6, 6.07) is 10.0. The monoisotopic (exact) mass is 385 g/mol. The largest absolute Gasteiger partial charge is 0.341 e. The molecule has 0 spiro atoms. The van der Waals surface area contributed by atoms with Crippen molar-refractivity contribution in [2.75, 3.05) is 25.4 Å². The van der Waals surface area contributed by atoms with E-state index in [1.54, 1.807) is 6.08 Å². The number of carbonyl (C=O) groups is 1. The summed E-state index contributed by atoms with van der Waals surface area (Å²) in [7, 11) is -3.11. The number of amides is 1. The van der Waals surface area contributed by atoms with Crippen molar-refractivity contribution in [1.82, 2.24) is 15.2 Å². The van der Waals surface area contributed by atoms with Gasteiger partial charge >= 0.3 is 0 Å². The normalized spacial score (nSPS) is 24.4. The zero-order valence-corrected chi connectivity index (χ0v) is 15.9. The molecule has 2 aromatic rings. The molecular formula is C20H23N3O3S. The number of hydrogen-bond acceptors (Lipinski definition) is 5. The van der Waals surface area contributed by atoms with Crippen LogP contribution in [0.1, 0.15) is 24.5 Å². The summed E-state index contributed by atoms with van der Waals surface area (Å²) in [6.07, 6.45) is 5.48. The average Bonchev–Trinajstić information content (AvgIpc) is 3.04. The Kier molecular flexibility index (Phi) is 4.97. The fourth-order valence-corrected chi connectivity index (χ4v) is 5.07. The zero-order valence-electron chi connectivity index (χ0n) is 15.0. The van der Waals surface area contributed by atoms with Gasteiger partial charge in [-0.2, -0.15) is 0 Å². The van der Waals surface area contributed by atoms with Crippen molar-refractivity contribution in [3.63, 3.8) is 0 Å². The lowest BCUT2D eigenvalue weighted by Gasteiger charge is -2.33. The van der Waals surface area contributed by atoms with E-state index in [9.17, 15) is 13.2 Å². The summed E-state index contributed by atoms with van der Waals surface area (Å²) in [4.78, 5) is 19.1. The first-order valence-electron chi connectivity index (χ1n) is 9.27. The Balaban J connectivity index is 1.38. The first-order chi connectivity index (χ1) is 13.0. The van der Waals surface area contributed by atoms with E-state index >= 15 is 0 Å². The topological polar surface area (TPSA) is 79.4 Å². The molecule has 4 rings (SSSR count). The van der Waals surface area contributed by atoms with Crippen LogP contribution in [-0.4, -0.2) is 55.6 Å². The van der Waals surface area contributed by atoms with E-state index in [0.717, 1.165) is 30.5 Å². The third kappa shape index (κ3) is 4.20. The number of nitrogens with one attached hydrogen (secondary N) is 1. The van der Waals surface area contributed by atoms with Crippen LogP contribution < -0.4 is 5.32 Å². The Morgan fingerprint density at radius 2 is 2.07 bits per heavy atom. The second-order valence-corrected chi connectivity index (χ2v) is 9.21. The van der Waals surface area contributed by atoms with E-state index in [0.29, 0.717) is 6.54 Å². The molecule has 1 fully saturated rings. The Labute approximate surface area is 159 Å². The maximum absolute atomic E-state index is 12.6. The molecule has 2 aliphatic rings. The summed E-state index contributed by atoms with van der Waals surface area (Å²) in [5.74, 6) is 0.279. The van der Waals surface area contributed by atoms with Crippen LogP contribution in [0.15, 0.2) is 48.0 Å². The lowest BCUT2D eigenvalue weighted by Crippen LogP contribution is -2.45. The molecule has 0 radical (unpaired) electrons. The maximum atomic E-state index is 12.6. The van der Waals surface area contributed by atoms with Gasteiger partial charge in [-0.05, 0) is 24.3 Å². The SMILES string of the molecule is O=C(CN[C@H]1C=CS(=O)(=O)C1)N1CCC[C@H](c2cc3ccccc3cn2)C1. The molecule has 27 heavy (non-hydrogen) atoms. The molecule has 1 N–H and O–H groups in total.